The number of aromatic amines is 1. The molecule has 1 aromatic heterocycles. The van der Waals surface area contributed by atoms with Crippen molar-refractivity contribution in [3.8, 4) is 0 Å². The summed E-state index contributed by atoms with van der Waals surface area (Å²) in [6.45, 7) is 3.87. The molecule has 0 aliphatic rings. The Kier molecular flexibility index (Phi) is 2.72. The van der Waals surface area contributed by atoms with Gasteiger partial charge in [-0.25, -0.2) is 0 Å². The Labute approximate surface area is 93.7 Å². The van der Waals surface area contributed by atoms with Crippen LogP contribution < -0.4 is 5.32 Å². The zero-order valence-corrected chi connectivity index (χ0v) is 9.24. The molecule has 0 unspecified atom stereocenters. The third-order valence-electron chi connectivity index (χ3n) is 2.26. The number of hydrogen-bond acceptors (Lipinski definition) is 2. The first-order chi connectivity index (χ1) is 7.65. The van der Waals surface area contributed by atoms with E-state index in [9.17, 15) is 4.79 Å². The molecule has 0 aliphatic carbocycles. The number of hydrogen-bond donors (Lipinski definition) is 2. The molecule has 16 heavy (non-hydrogen) atoms. The number of benzene rings is 1. The molecule has 0 saturated heterocycles. The normalized spacial score (nSPS) is 10.1. The second kappa shape index (κ2) is 4.18. The van der Waals surface area contributed by atoms with Gasteiger partial charge in [0.1, 0.15) is 0 Å². The minimum Gasteiger partial charge on any atom is -0.305 e. The van der Waals surface area contributed by atoms with E-state index in [-0.39, 0.29) is 5.91 Å². The molecule has 2 aromatic rings. The van der Waals surface area contributed by atoms with E-state index < -0.39 is 0 Å². The predicted molar refractivity (Wildman–Crippen MR) is 62.5 cm³/mol. The summed E-state index contributed by atoms with van der Waals surface area (Å²) in [6.07, 6.45) is 0. The molecule has 0 atom stereocenters. The second-order valence-electron chi connectivity index (χ2n) is 3.76. The zero-order chi connectivity index (χ0) is 11.5. The maximum Gasteiger partial charge on any atom is 0.256 e. The quantitative estimate of drug-likeness (QED) is 0.807. The summed E-state index contributed by atoms with van der Waals surface area (Å²) in [5, 5.41) is 9.43. The Morgan fingerprint density at radius 2 is 1.94 bits per heavy atom. The van der Waals surface area contributed by atoms with Gasteiger partial charge >= 0.3 is 0 Å². The van der Waals surface area contributed by atoms with Crippen LogP contribution >= 0.6 is 0 Å². The van der Waals surface area contributed by atoms with Gasteiger partial charge in [0.05, 0.1) is 0 Å². The molecular weight excluding hydrogens is 202 g/mol. The Morgan fingerprint density at radius 3 is 2.50 bits per heavy atom. The van der Waals surface area contributed by atoms with E-state index in [0.717, 1.165) is 11.3 Å². The van der Waals surface area contributed by atoms with E-state index in [0.29, 0.717) is 11.4 Å². The highest BCUT2D eigenvalue weighted by atomic mass is 16.1. The van der Waals surface area contributed by atoms with Crippen molar-refractivity contribution in [3.63, 3.8) is 0 Å². The number of rotatable bonds is 2. The maximum atomic E-state index is 11.8. The molecule has 1 heterocycles. The van der Waals surface area contributed by atoms with Crippen LogP contribution in [-0.2, 0) is 0 Å². The van der Waals surface area contributed by atoms with Gasteiger partial charge in [0.25, 0.3) is 5.91 Å². The topological polar surface area (TPSA) is 57.8 Å². The summed E-state index contributed by atoms with van der Waals surface area (Å²) in [4.78, 5) is 11.8. The standard InChI is InChI=1S/C12H13N3O/c1-8-3-5-10(6-4-8)12(16)13-11-7-9(2)14-15-11/h3-7H,1-2H3,(H2,13,14,15,16). The van der Waals surface area contributed by atoms with Crippen molar-refractivity contribution in [1.29, 1.82) is 0 Å². The van der Waals surface area contributed by atoms with Gasteiger partial charge in [0.2, 0.25) is 0 Å². The number of aryl methyl sites for hydroxylation is 2. The van der Waals surface area contributed by atoms with Crippen LogP contribution in [0.5, 0.6) is 0 Å². The molecule has 82 valence electrons. The average molecular weight is 215 g/mol. The highest BCUT2D eigenvalue weighted by Gasteiger charge is 2.06. The molecule has 1 aromatic carbocycles. The molecule has 0 spiro atoms. The number of H-pyrrole nitrogens is 1. The SMILES string of the molecule is Cc1ccc(C(=O)Nc2cc(C)[nH]n2)cc1. The van der Waals surface area contributed by atoms with Crippen LogP contribution in [0.25, 0.3) is 0 Å². The van der Waals surface area contributed by atoms with E-state index >= 15 is 0 Å². The van der Waals surface area contributed by atoms with Gasteiger partial charge in [0.15, 0.2) is 5.82 Å². The van der Waals surface area contributed by atoms with Crippen molar-refractivity contribution >= 4 is 11.7 Å². The fourth-order valence-corrected chi connectivity index (χ4v) is 1.38. The van der Waals surface area contributed by atoms with Crippen molar-refractivity contribution in [2.75, 3.05) is 5.32 Å². The second-order valence-corrected chi connectivity index (χ2v) is 3.76. The van der Waals surface area contributed by atoms with Gasteiger partial charge in [-0.05, 0) is 26.0 Å². The Bertz CT molecular complexity index is 499. The Hall–Kier alpha value is -2.10. The van der Waals surface area contributed by atoms with Crippen molar-refractivity contribution in [2.24, 2.45) is 0 Å². The summed E-state index contributed by atoms with van der Waals surface area (Å²) >= 11 is 0. The number of carbonyl (C=O) groups is 1. The summed E-state index contributed by atoms with van der Waals surface area (Å²) in [6, 6.07) is 9.19. The van der Waals surface area contributed by atoms with Crippen LogP contribution in [0.3, 0.4) is 0 Å². The smallest absolute Gasteiger partial charge is 0.256 e. The number of amides is 1. The van der Waals surface area contributed by atoms with Crippen LogP contribution in [0.4, 0.5) is 5.82 Å². The van der Waals surface area contributed by atoms with E-state index in [1.807, 2.05) is 26.0 Å². The zero-order valence-electron chi connectivity index (χ0n) is 9.24. The third-order valence-corrected chi connectivity index (χ3v) is 2.26. The van der Waals surface area contributed by atoms with Crippen LogP contribution in [-0.4, -0.2) is 16.1 Å². The van der Waals surface area contributed by atoms with Crippen molar-refractivity contribution in [3.05, 3.63) is 47.2 Å². The molecule has 1 amide bonds. The summed E-state index contributed by atoms with van der Waals surface area (Å²) in [5.74, 6) is 0.398. The van der Waals surface area contributed by atoms with Crippen molar-refractivity contribution < 1.29 is 4.79 Å². The highest BCUT2D eigenvalue weighted by molar-refractivity contribution is 6.03. The Morgan fingerprint density at radius 1 is 1.25 bits per heavy atom. The molecule has 4 nitrogen and oxygen atoms in total. The Balaban J connectivity index is 2.11. The fourth-order valence-electron chi connectivity index (χ4n) is 1.38. The lowest BCUT2D eigenvalue weighted by atomic mass is 10.1. The molecule has 0 aliphatic heterocycles. The van der Waals surface area contributed by atoms with Crippen LogP contribution in [0.2, 0.25) is 0 Å². The van der Waals surface area contributed by atoms with Crippen LogP contribution in [0.15, 0.2) is 30.3 Å². The maximum absolute atomic E-state index is 11.8. The summed E-state index contributed by atoms with van der Waals surface area (Å²) in [7, 11) is 0. The van der Waals surface area contributed by atoms with E-state index in [1.165, 1.54) is 0 Å². The number of aromatic nitrogens is 2. The molecule has 2 N–H and O–H groups in total. The van der Waals surface area contributed by atoms with Gasteiger partial charge in [-0.3, -0.25) is 9.89 Å². The molecule has 0 radical (unpaired) electrons. The lowest BCUT2D eigenvalue weighted by Gasteiger charge is -2.01. The fraction of sp³-hybridized carbons (Fsp3) is 0.167. The molecule has 0 bridgehead atoms. The molecule has 0 fully saturated rings. The minimum absolute atomic E-state index is 0.147. The first kappa shape index (κ1) is 10.4. The predicted octanol–water partition coefficient (Wildman–Crippen LogP) is 2.28. The van der Waals surface area contributed by atoms with Crippen LogP contribution in [0, 0.1) is 13.8 Å². The third kappa shape index (κ3) is 2.28. The summed E-state index contributed by atoms with van der Waals surface area (Å²) in [5.41, 5.74) is 2.68. The average Bonchev–Trinajstić information content (AvgIpc) is 2.65. The molecular formula is C12H13N3O. The first-order valence-electron chi connectivity index (χ1n) is 5.05. The molecule has 4 heteroatoms. The monoisotopic (exact) mass is 215 g/mol. The lowest BCUT2D eigenvalue weighted by molar-refractivity contribution is 0.102. The van der Waals surface area contributed by atoms with Crippen molar-refractivity contribution in [2.45, 2.75) is 13.8 Å². The molecule has 2 rings (SSSR count). The first-order valence-corrected chi connectivity index (χ1v) is 5.05. The number of nitrogens with one attached hydrogen (secondary N) is 2. The number of anilines is 1. The minimum atomic E-state index is -0.147. The number of carbonyl (C=O) groups excluding carboxylic acids is 1. The van der Waals surface area contributed by atoms with Gasteiger partial charge in [-0.15, -0.1) is 0 Å². The highest BCUT2D eigenvalue weighted by Crippen LogP contribution is 2.08. The van der Waals surface area contributed by atoms with Gasteiger partial charge in [-0.1, -0.05) is 17.7 Å². The van der Waals surface area contributed by atoms with Gasteiger partial charge in [0, 0.05) is 17.3 Å². The van der Waals surface area contributed by atoms with E-state index in [2.05, 4.69) is 15.5 Å². The molecule has 0 saturated carbocycles. The van der Waals surface area contributed by atoms with Crippen molar-refractivity contribution in [1.82, 2.24) is 10.2 Å². The van der Waals surface area contributed by atoms with Gasteiger partial charge < -0.3 is 5.32 Å². The van der Waals surface area contributed by atoms with E-state index in [4.69, 9.17) is 0 Å². The van der Waals surface area contributed by atoms with E-state index in [1.54, 1.807) is 18.2 Å². The number of nitrogens with zero attached hydrogens (tertiary/aromatic N) is 1. The summed E-state index contributed by atoms with van der Waals surface area (Å²) < 4.78 is 0. The van der Waals surface area contributed by atoms with Gasteiger partial charge in [-0.2, -0.15) is 5.10 Å². The van der Waals surface area contributed by atoms with Crippen LogP contribution in [0.1, 0.15) is 21.6 Å². The largest absolute Gasteiger partial charge is 0.305 e. The lowest BCUT2D eigenvalue weighted by Crippen LogP contribution is -2.11.